The van der Waals surface area contributed by atoms with Gasteiger partial charge in [0.1, 0.15) is 22.5 Å². The van der Waals surface area contributed by atoms with Crippen LogP contribution in [0.3, 0.4) is 0 Å². The Labute approximate surface area is 167 Å². The number of nitrogens with one attached hydrogen (secondary N) is 1. The first-order valence-corrected chi connectivity index (χ1v) is 11.4. The second-order valence-corrected chi connectivity index (χ2v) is 9.60. The maximum Gasteiger partial charge on any atom is 0.271 e. The Balaban J connectivity index is 1.61. The van der Waals surface area contributed by atoms with Crippen LogP contribution in [-0.4, -0.2) is 67.9 Å². The van der Waals surface area contributed by atoms with Crippen molar-refractivity contribution in [3.8, 4) is 16.3 Å². The van der Waals surface area contributed by atoms with Crippen LogP contribution in [-0.2, 0) is 14.6 Å². The number of methoxy groups -OCH3 is 1. The van der Waals surface area contributed by atoms with Gasteiger partial charge < -0.3 is 15.0 Å². The fraction of sp³-hybridized carbons (Fsp3) is 0.389. The molecule has 1 aliphatic heterocycles. The third kappa shape index (κ3) is 4.68. The van der Waals surface area contributed by atoms with E-state index in [0.29, 0.717) is 5.01 Å². The molecule has 0 spiro atoms. The lowest BCUT2D eigenvalue weighted by atomic mass is 10.2. The van der Waals surface area contributed by atoms with Crippen LogP contribution in [0.5, 0.6) is 5.75 Å². The second kappa shape index (κ2) is 8.27. The Morgan fingerprint density at radius 1 is 1.21 bits per heavy atom. The van der Waals surface area contributed by atoms with E-state index in [9.17, 15) is 18.0 Å². The maximum atomic E-state index is 12.4. The molecule has 0 bridgehead atoms. The van der Waals surface area contributed by atoms with Gasteiger partial charge in [-0.1, -0.05) is 0 Å². The van der Waals surface area contributed by atoms with Crippen molar-refractivity contribution in [2.45, 2.75) is 13.0 Å². The van der Waals surface area contributed by atoms with Crippen LogP contribution in [0.15, 0.2) is 29.6 Å². The minimum absolute atomic E-state index is 0.0449. The number of hydrogen-bond acceptors (Lipinski definition) is 7. The molecule has 2 heterocycles. The van der Waals surface area contributed by atoms with Gasteiger partial charge >= 0.3 is 0 Å². The molecule has 10 heteroatoms. The molecule has 2 amide bonds. The van der Waals surface area contributed by atoms with Gasteiger partial charge in [0, 0.05) is 24.0 Å². The Bertz CT molecular complexity index is 955. The number of nitrogens with zero attached hydrogens (tertiary/aromatic N) is 2. The summed E-state index contributed by atoms with van der Waals surface area (Å²) in [5.41, 5.74) is 1.10. The zero-order chi connectivity index (χ0) is 20.3. The van der Waals surface area contributed by atoms with Gasteiger partial charge in [-0.25, -0.2) is 13.4 Å². The molecule has 1 aliphatic rings. The van der Waals surface area contributed by atoms with Crippen molar-refractivity contribution in [2.24, 2.45) is 0 Å². The number of carbonyl (C=O) groups excluding carboxylic acids is 2. The van der Waals surface area contributed by atoms with Crippen molar-refractivity contribution in [2.75, 3.05) is 31.7 Å². The van der Waals surface area contributed by atoms with Crippen molar-refractivity contribution in [3.63, 3.8) is 0 Å². The number of thiazole rings is 1. The zero-order valence-electron chi connectivity index (χ0n) is 15.5. The van der Waals surface area contributed by atoms with Gasteiger partial charge in [-0.2, -0.15) is 0 Å². The lowest BCUT2D eigenvalue weighted by Crippen LogP contribution is -2.51. The van der Waals surface area contributed by atoms with Crippen LogP contribution >= 0.6 is 11.3 Å². The average molecular weight is 424 g/mol. The first-order chi connectivity index (χ1) is 13.3. The quantitative estimate of drug-likeness (QED) is 0.775. The highest BCUT2D eigenvalue weighted by Gasteiger charge is 2.29. The van der Waals surface area contributed by atoms with Crippen LogP contribution in [0.2, 0.25) is 0 Å². The summed E-state index contributed by atoms with van der Waals surface area (Å²) in [5.74, 6) is -0.0977. The molecule has 8 nitrogen and oxygen atoms in total. The number of carbonyl (C=O) groups is 2. The fourth-order valence-electron chi connectivity index (χ4n) is 2.78. The predicted molar refractivity (Wildman–Crippen MR) is 106 cm³/mol. The summed E-state index contributed by atoms with van der Waals surface area (Å²) in [4.78, 5) is 30.7. The molecule has 150 valence electrons. The first kappa shape index (κ1) is 20.3. The van der Waals surface area contributed by atoms with Crippen molar-refractivity contribution in [1.82, 2.24) is 15.2 Å². The summed E-state index contributed by atoms with van der Waals surface area (Å²) < 4.78 is 28.1. The van der Waals surface area contributed by atoms with Gasteiger partial charge in [0.05, 0.1) is 18.6 Å². The van der Waals surface area contributed by atoms with Crippen molar-refractivity contribution in [3.05, 3.63) is 35.3 Å². The Kier molecular flexibility index (Phi) is 5.99. The molecular weight excluding hydrogens is 402 g/mol. The molecule has 28 heavy (non-hydrogen) atoms. The van der Waals surface area contributed by atoms with Crippen molar-refractivity contribution in [1.29, 1.82) is 0 Å². The molecular formula is C18H21N3O5S2. The molecule has 1 saturated heterocycles. The molecule has 1 aromatic carbocycles. The topological polar surface area (TPSA) is 106 Å². The van der Waals surface area contributed by atoms with E-state index < -0.39 is 21.8 Å². The Morgan fingerprint density at radius 2 is 1.86 bits per heavy atom. The molecule has 1 N–H and O–H groups in total. The van der Waals surface area contributed by atoms with E-state index in [1.807, 2.05) is 24.3 Å². The summed E-state index contributed by atoms with van der Waals surface area (Å²) in [6.45, 7) is 1.89. The number of amides is 2. The summed E-state index contributed by atoms with van der Waals surface area (Å²) in [6.07, 6.45) is 0. The fourth-order valence-corrected chi connectivity index (χ4v) is 4.79. The minimum Gasteiger partial charge on any atom is -0.497 e. The molecule has 1 fully saturated rings. The minimum atomic E-state index is -3.07. The SMILES string of the molecule is COc1ccc(-c2nc(C(=O)NC(C)C(=O)N3CCS(=O)(=O)CC3)cs2)cc1. The van der Waals surface area contributed by atoms with E-state index in [4.69, 9.17) is 4.74 Å². The lowest BCUT2D eigenvalue weighted by molar-refractivity contribution is -0.132. The van der Waals surface area contributed by atoms with Crippen LogP contribution in [0, 0.1) is 0 Å². The summed E-state index contributed by atoms with van der Waals surface area (Å²) in [6, 6.07) is 6.58. The molecule has 1 unspecified atom stereocenters. The predicted octanol–water partition coefficient (Wildman–Crippen LogP) is 1.19. The van der Waals surface area contributed by atoms with Crippen LogP contribution in [0.1, 0.15) is 17.4 Å². The van der Waals surface area contributed by atoms with E-state index in [2.05, 4.69) is 10.3 Å². The lowest BCUT2D eigenvalue weighted by Gasteiger charge is -2.29. The number of hydrogen-bond donors (Lipinski definition) is 1. The van der Waals surface area contributed by atoms with Crippen molar-refractivity contribution < 1.29 is 22.7 Å². The number of rotatable bonds is 5. The number of aromatic nitrogens is 1. The van der Waals surface area contributed by atoms with Gasteiger partial charge in [0.25, 0.3) is 5.91 Å². The average Bonchev–Trinajstić information content (AvgIpc) is 3.18. The molecule has 2 aromatic rings. The molecule has 0 radical (unpaired) electrons. The second-order valence-electron chi connectivity index (χ2n) is 6.44. The maximum absolute atomic E-state index is 12.4. The third-order valence-corrected chi connectivity index (χ3v) is 6.95. The number of ether oxygens (including phenoxy) is 1. The van der Waals surface area contributed by atoms with E-state index in [0.717, 1.165) is 11.3 Å². The first-order valence-electron chi connectivity index (χ1n) is 8.69. The van der Waals surface area contributed by atoms with Crippen LogP contribution in [0.4, 0.5) is 0 Å². The molecule has 3 rings (SSSR count). The monoisotopic (exact) mass is 423 g/mol. The standard InChI is InChI=1S/C18H21N3O5S2/c1-12(18(23)21-7-9-28(24,25)10-8-21)19-16(22)15-11-27-17(20-15)13-3-5-14(26-2)6-4-13/h3-6,11-12H,7-10H2,1-2H3,(H,19,22). The van der Waals surface area contributed by atoms with E-state index in [1.54, 1.807) is 19.4 Å². The number of sulfone groups is 1. The molecule has 0 aliphatic carbocycles. The highest BCUT2D eigenvalue weighted by Crippen LogP contribution is 2.25. The van der Waals surface area contributed by atoms with E-state index in [-0.39, 0.29) is 36.2 Å². The number of benzene rings is 1. The van der Waals surface area contributed by atoms with Crippen LogP contribution < -0.4 is 10.1 Å². The van der Waals surface area contributed by atoms with Gasteiger partial charge in [-0.05, 0) is 31.2 Å². The summed E-state index contributed by atoms with van der Waals surface area (Å²) >= 11 is 1.33. The molecule has 1 aromatic heterocycles. The normalized spacial score (nSPS) is 17.0. The highest BCUT2D eigenvalue weighted by atomic mass is 32.2. The zero-order valence-corrected chi connectivity index (χ0v) is 17.2. The largest absolute Gasteiger partial charge is 0.497 e. The highest BCUT2D eigenvalue weighted by molar-refractivity contribution is 7.91. The van der Waals surface area contributed by atoms with Gasteiger partial charge in [0.15, 0.2) is 9.84 Å². The smallest absolute Gasteiger partial charge is 0.271 e. The van der Waals surface area contributed by atoms with Gasteiger partial charge in [-0.3, -0.25) is 9.59 Å². The summed E-state index contributed by atoms with van der Waals surface area (Å²) in [5, 5.41) is 4.97. The molecule has 0 saturated carbocycles. The van der Waals surface area contributed by atoms with E-state index in [1.165, 1.54) is 16.2 Å². The third-order valence-electron chi connectivity index (χ3n) is 4.45. The van der Waals surface area contributed by atoms with Crippen molar-refractivity contribution >= 4 is 33.0 Å². The summed E-state index contributed by atoms with van der Waals surface area (Å²) in [7, 11) is -1.48. The molecule has 1 atom stereocenters. The van der Waals surface area contributed by atoms with Crippen LogP contribution in [0.25, 0.3) is 10.6 Å². The van der Waals surface area contributed by atoms with E-state index >= 15 is 0 Å². The Morgan fingerprint density at radius 3 is 2.46 bits per heavy atom. The Hall–Kier alpha value is -2.46. The van der Waals surface area contributed by atoms with Gasteiger partial charge in [-0.15, -0.1) is 11.3 Å². The van der Waals surface area contributed by atoms with Gasteiger partial charge in [0.2, 0.25) is 5.91 Å².